The van der Waals surface area contributed by atoms with Crippen LogP contribution in [0.4, 0.5) is 0 Å². The summed E-state index contributed by atoms with van der Waals surface area (Å²) >= 11 is 0. The number of carbonyl (C=O) groups excluding carboxylic acids is 1. The van der Waals surface area contributed by atoms with Crippen LogP contribution in [-0.4, -0.2) is 19.0 Å². The Balaban J connectivity index is 2.36. The highest BCUT2D eigenvalue weighted by Gasteiger charge is 2.13. The standard InChI is InChI=1S/C22H19NO3/c1-4-11-26-20-10-9-17(14-21(20)25-5-2)13-19(15-23)22(24)18-8-6-7-16(3)12-18/h1,6-10,12-14H,5,11H2,2-3H3/b19-13+. The highest BCUT2D eigenvalue weighted by Crippen LogP contribution is 2.29. The molecule has 0 unspecified atom stereocenters. The second kappa shape index (κ2) is 9.11. The first kappa shape index (κ1) is 18.8. The molecule has 0 saturated heterocycles. The first-order chi connectivity index (χ1) is 12.6. The monoisotopic (exact) mass is 345 g/mol. The average Bonchev–Trinajstić information content (AvgIpc) is 2.65. The summed E-state index contributed by atoms with van der Waals surface area (Å²) in [6.07, 6.45) is 6.75. The molecule has 0 fully saturated rings. The molecule has 0 aromatic heterocycles. The van der Waals surface area contributed by atoms with Crippen molar-refractivity contribution >= 4 is 11.9 Å². The molecule has 4 heteroatoms. The fraction of sp³-hybridized carbons (Fsp3) is 0.182. The van der Waals surface area contributed by atoms with Gasteiger partial charge < -0.3 is 9.47 Å². The quantitative estimate of drug-likeness (QED) is 0.327. The van der Waals surface area contributed by atoms with Crippen molar-refractivity contribution in [3.8, 4) is 29.9 Å². The lowest BCUT2D eigenvalue weighted by Gasteiger charge is -2.11. The number of allylic oxidation sites excluding steroid dienone is 1. The van der Waals surface area contributed by atoms with Crippen LogP contribution in [0.2, 0.25) is 0 Å². The third kappa shape index (κ3) is 4.75. The number of ketones is 1. The maximum absolute atomic E-state index is 12.6. The zero-order valence-electron chi connectivity index (χ0n) is 14.8. The summed E-state index contributed by atoms with van der Waals surface area (Å²) in [7, 11) is 0. The summed E-state index contributed by atoms with van der Waals surface area (Å²) in [5.74, 6) is 3.11. The van der Waals surface area contributed by atoms with Gasteiger partial charge in [-0.25, -0.2) is 0 Å². The fourth-order valence-electron chi connectivity index (χ4n) is 2.38. The molecule has 26 heavy (non-hydrogen) atoms. The Hall–Kier alpha value is -3.50. The van der Waals surface area contributed by atoms with E-state index in [0.29, 0.717) is 29.2 Å². The van der Waals surface area contributed by atoms with Gasteiger partial charge in [0, 0.05) is 5.56 Å². The molecule has 2 aromatic carbocycles. The van der Waals surface area contributed by atoms with Crippen molar-refractivity contribution in [1.82, 2.24) is 0 Å². The van der Waals surface area contributed by atoms with Crippen molar-refractivity contribution in [3.63, 3.8) is 0 Å². The molecular weight excluding hydrogens is 326 g/mol. The predicted octanol–water partition coefficient (Wildman–Crippen LogP) is 4.20. The molecule has 0 aliphatic rings. The summed E-state index contributed by atoms with van der Waals surface area (Å²) < 4.78 is 11.0. The van der Waals surface area contributed by atoms with E-state index in [0.717, 1.165) is 5.56 Å². The first-order valence-corrected chi connectivity index (χ1v) is 8.15. The number of Topliss-reactive ketones (excluding diaryl/α,β-unsaturated/α-hetero) is 1. The van der Waals surface area contributed by atoms with Crippen LogP contribution in [0.5, 0.6) is 11.5 Å². The van der Waals surface area contributed by atoms with Crippen molar-refractivity contribution < 1.29 is 14.3 Å². The van der Waals surface area contributed by atoms with Gasteiger partial charge in [-0.05, 0) is 43.7 Å². The minimum absolute atomic E-state index is 0.0512. The van der Waals surface area contributed by atoms with Gasteiger partial charge in [0.15, 0.2) is 11.5 Å². The third-order valence-electron chi connectivity index (χ3n) is 3.53. The molecule has 0 heterocycles. The summed E-state index contributed by atoms with van der Waals surface area (Å²) in [5.41, 5.74) is 2.16. The van der Waals surface area contributed by atoms with Gasteiger partial charge in [-0.2, -0.15) is 5.26 Å². The van der Waals surface area contributed by atoms with E-state index >= 15 is 0 Å². The number of nitriles is 1. The molecule has 0 aliphatic heterocycles. The van der Waals surface area contributed by atoms with Gasteiger partial charge >= 0.3 is 0 Å². The van der Waals surface area contributed by atoms with E-state index in [-0.39, 0.29) is 18.0 Å². The number of rotatable bonds is 7. The van der Waals surface area contributed by atoms with Crippen molar-refractivity contribution in [2.45, 2.75) is 13.8 Å². The summed E-state index contributed by atoms with van der Waals surface area (Å²) in [6, 6.07) is 14.3. The number of nitrogens with zero attached hydrogens (tertiary/aromatic N) is 1. The van der Waals surface area contributed by atoms with Gasteiger partial charge in [0.05, 0.1) is 6.61 Å². The lowest BCUT2D eigenvalue weighted by atomic mass is 10.0. The van der Waals surface area contributed by atoms with Crippen molar-refractivity contribution in [2.24, 2.45) is 0 Å². The Morgan fingerprint density at radius 2 is 2.00 bits per heavy atom. The number of ether oxygens (including phenoxy) is 2. The van der Waals surface area contributed by atoms with E-state index in [4.69, 9.17) is 15.9 Å². The van der Waals surface area contributed by atoms with Gasteiger partial charge in [-0.15, -0.1) is 6.42 Å². The van der Waals surface area contributed by atoms with Crippen LogP contribution in [0.25, 0.3) is 6.08 Å². The van der Waals surface area contributed by atoms with E-state index in [9.17, 15) is 10.1 Å². The lowest BCUT2D eigenvalue weighted by molar-refractivity contribution is 0.104. The zero-order valence-corrected chi connectivity index (χ0v) is 14.8. The van der Waals surface area contributed by atoms with Gasteiger partial charge in [0.25, 0.3) is 0 Å². The molecular formula is C22H19NO3. The summed E-state index contributed by atoms with van der Waals surface area (Å²) in [5, 5.41) is 9.41. The molecule has 0 bridgehead atoms. The molecule has 2 aromatic rings. The Bertz CT molecular complexity index is 914. The molecule has 0 amide bonds. The fourth-order valence-corrected chi connectivity index (χ4v) is 2.38. The minimum Gasteiger partial charge on any atom is -0.490 e. The van der Waals surface area contributed by atoms with Crippen molar-refractivity contribution in [1.29, 1.82) is 5.26 Å². The van der Waals surface area contributed by atoms with Crippen molar-refractivity contribution in [2.75, 3.05) is 13.2 Å². The number of hydrogen-bond donors (Lipinski definition) is 0. The predicted molar refractivity (Wildman–Crippen MR) is 101 cm³/mol. The average molecular weight is 345 g/mol. The van der Waals surface area contributed by atoms with Crippen LogP contribution < -0.4 is 9.47 Å². The van der Waals surface area contributed by atoms with Gasteiger partial charge in [-0.1, -0.05) is 35.7 Å². The van der Waals surface area contributed by atoms with Crippen LogP contribution in [0.1, 0.15) is 28.4 Å². The smallest absolute Gasteiger partial charge is 0.203 e. The number of carbonyl (C=O) groups is 1. The van der Waals surface area contributed by atoms with E-state index < -0.39 is 0 Å². The molecule has 0 atom stereocenters. The normalized spacial score (nSPS) is 10.5. The topological polar surface area (TPSA) is 59.3 Å². The zero-order chi connectivity index (χ0) is 18.9. The summed E-state index contributed by atoms with van der Waals surface area (Å²) in [6.45, 7) is 4.34. The molecule has 0 aliphatic carbocycles. The van der Waals surface area contributed by atoms with Crippen LogP contribution in [0.3, 0.4) is 0 Å². The molecule has 130 valence electrons. The Morgan fingerprint density at radius 3 is 2.65 bits per heavy atom. The Morgan fingerprint density at radius 1 is 1.19 bits per heavy atom. The maximum atomic E-state index is 12.6. The number of aryl methyl sites for hydroxylation is 1. The van der Waals surface area contributed by atoms with E-state index in [2.05, 4.69) is 5.92 Å². The largest absolute Gasteiger partial charge is 0.490 e. The molecule has 4 nitrogen and oxygen atoms in total. The van der Waals surface area contributed by atoms with E-state index in [1.165, 1.54) is 6.08 Å². The maximum Gasteiger partial charge on any atom is 0.203 e. The van der Waals surface area contributed by atoms with Gasteiger partial charge in [0.2, 0.25) is 5.78 Å². The Kier molecular flexibility index (Phi) is 6.60. The second-order valence-corrected chi connectivity index (χ2v) is 5.50. The summed E-state index contributed by atoms with van der Waals surface area (Å²) in [4.78, 5) is 12.6. The molecule has 0 saturated carbocycles. The first-order valence-electron chi connectivity index (χ1n) is 8.15. The van der Waals surface area contributed by atoms with E-state index in [1.54, 1.807) is 36.4 Å². The Labute approximate surface area is 153 Å². The second-order valence-electron chi connectivity index (χ2n) is 5.50. The molecule has 2 rings (SSSR count). The number of benzene rings is 2. The highest BCUT2D eigenvalue weighted by atomic mass is 16.5. The molecule has 0 spiro atoms. The number of terminal acetylenes is 1. The lowest BCUT2D eigenvalue weighted by Crippen LogP contribution is -2.02. The number of hydrogen-bond acceptors (Lipinski definition) is 4. The van der Waals surface area contributed by atoms with Crippen LogP contribution in [0.15, 0.2) is 48.0 Å². The van der Waals surface area contributed by atoms with E-state index in [1.807, 2.05) is 26.0 Å². The van der Waals surface area contributed by atoms with Gasteiger partial charge in [-0.3, -0.25) is 4.79 Å². The SMILES string of the molecule is C#CCOc1ccc(/C=C(\C#N)C(=O)c2cccc(C)c2)cc1OCC. The van der Waals surface area contributed by atoms with Crippen LogP contribution in [0, 0.1) is 30.6 Å². The molecule has 0 radical (unpaired) electrons. The van der Waals surface area contributed by atoms with Crippen LogP contribution >= 0.6 is 0 Å². The van der Waals surface area contributed by atoms with Gasteiger partial charge in [0.1, 0.15) is 18.2 Å². The highest BCUT2D eigenvalue weighted by molar-refractivity contribution is 6.14. The minimum atomic E-state index is -0.318. The van der Waals surface area contributed by atoms with Crippen LogP contribution in [-0.2, 0) is 0 Å². The van der Waals surface area contributed by atoms with Crippen molar-refractivity contribution in [3.05, 3.63) is 64.7 Å². The third-order valence-corrected chi connectivity index (χ3v) is 3.53. The molecule has 0 N–H and O–H groups in total.